The quantitative estimate of drug-likeness (QED) is 0.860. The maximum Gasteiger partial charge on any atom is 0.163 e. The molecule has 110 valence electrons. The van der Waals surface area contributed by atoms with Crippen LogP contribution in [0.3, 0.4) is 0 Å². The summed E-state index contributed by atoms with van der Waals surface area (Å²) in [6.07, 6.45) is -0.976. The van der Waals surface area contributed by atoms with Gasteiger partial charge in [0.1, 0.15) is 30.1 Å². The molecule has 0 amide bonds. The number of benzene rings is 2. The lowest BCUT2D eigenvalue weighted by Gasteiger charge is -2.14. The van der Waals surface area contributed by atoms with Gasteiger partial charge in [-0.1, -0.05) is 12.1 Å². The summed E-state index contributed by atoms with van der Waals surface area (Å²) in [5, 5.41) is 9.95. The minimum absolute atomic E-state index is 0.112. The van der Waals surface area contributed by atoms with E-state index in [2.05, 4.69) is 0 Å². The maximum atomic E-state index is 13.1. The van der Waals surface area contributed by atoms with E-state index in [9.17, 15) is 18.7 Å². The average molecular weight is 292 g/mol. The summed E-state index contributed by atoms with van der Waals surface area (Å²) in [6.45, 7) is 1.18. The second-order valence-corrected chi connectivity index (χ2v) is 4.58. The molecule has 0 saturated carbocycles. The molecule has 1 unspecified atom stereocenters. The molecule has 0 aromatic heterocycles. The van der Waals surface area contributed by atoms with Crippen LogP contribution in [0.1, 0.15) is 28.9 Å². The Labute approximate surface area is 120 Å². The van der Waals surface area contributed by atoms with Crippen LogP contribution >= 0.6 is 0 Å². The third kappa shape index (κ3) is 3.86. The van der Waals surface area contributed by atoms with Gasteiger partial charge in [0, 0.05) is 0 Å². The van der Waals surface area contributed by atoms with E-state index in [4.69, 9.17) is 4.74 Å². The molecule has 0 aliphatic rings. The second-order valence-electron chi connectivity index (χ2n) is 4.58. The molecule has 1 atom stereocenters. The van der Waals surface area contributed by atoms with Crippen molar-refractivity contribution < 1.29 is 23.4 Å². The number of aliphatic hydroxyl groups excluding tert-OH is 1. The first-order valence-electron chi connectivity index (χ1n) is 6.34. The van der Waals surface area contributed by atoms with Gasteiger partial charge >= 0.3 is 0 Å². The summed E-state index contributed by atoms with van der Waals surface area (Å²) in [5.41, 5.74) is 0.601. The fourth-order valence-electron chi connectivity index (χ4n) is 1.85. The Morgan fingerprint density at radius 3 is 2.38 bits per heavy atom. The largest absolute Gasteiger partial charge is 0.490 e. The molecule has 21 heavy (non-hydrogen) atoms. The van der Waals surface area contributed by atoms with Gasteiger partial charge in [-0.25, -0.2) is 8.78 Å². The van der Waals surface area contributed by atoms with Crippen LogP contribution in [-0.2, 0) is 0 Å². The van der Waals surface area contributed by atoms with Crippen molar-refractivity contribution in [2.75, 3.05) is 6.61 Å². The number of hydrogen-bond acceptors (Lipinski definition) is 3. The van der Waals surface area contributed by atoms with Crippen LogP contribution in [0, 0.1) is 11.6 Å². The van der Waals surface area contributed by atoms with Crippen molar-refractivity contribution in [1.82, 2.24) is 0 Å². The number of carbonyl (C=O) groups excluding carboxylic acids is 1. The number of halogens is 2. The van der Waals surface area contributed by atoms with Crippen molar-refractivity contribution in [2.45, 2.75) is 13.0 Å². The summed E-state index contributed by atoms with van der Waals surface area (Å²) in [6, 6.07) is 8.95. The summed E-state index contributed by atoms with van der Waals surface area (Å²) in [7, 11) is 0. The molecule has 0 spiro atoms. The van der Waals surface area contributed by atoms with Crippen molar-refractivity contribution >= 4 is 5.78 Å². The molecule has 0 aliphatic carbocycles. The zero-order chi connectivity index (χ0) is 15.4. The lowest BCUT2D eigenvalue weighted by atomic mass is 10.1. The minimum Gasteiger partial charge on any atom is -0.490 e. The molecule has 0 bridgehead atoms. The van der Waals surface area contributed by atoms with E-state index in [-0.39, 0.29) is 23.7 Å². The van der Waals surface area contributed by atoms with Crippen molar-refractivity contribution in [3.05, 3.63) is 65.2 Å². The highest BCUT2D eigenvalue weighted by Crippen LogP contribution is 2.22. The number of ketones is 1. The van der Waals surface area contributed by atoms with Crippen LogP contribution < -0.4 is 4.74 Å². The molecule has 0 saturated heterocycles. The van der Waals surface area contributed by atoms with Crippen molar-refractivity contribution in [3.63, 3.8) is 0 Å². The molecular weight excluding hydrogens is 278 g/mol. The van der Waals surface area contributed by atoms with Gasteiger partial charge in [-0.2, -0.15) is 0 Å². The summed E-state index contributed by atoms with van der Waals surface area (Å²) in [4.78, 5) is 11.4. The molecular formula is C16H14F2O3. The normalized spacial score (nSPS) is 12.0. The van der Waals surface area contributed by atoms with E-state index < -0.39 is 17.7 Å². The first kappa shape index (κ1) is 15.1. The van der Waals surface area contributed by atoms with E-state index in [0.29, 0.717) is 5.56 Å². The number of carbonyl (C=O) groups is 1. The zero-order valence-electron chi connectivity index (χ0n) is 11.3. The Balaban J connectivity index is 2.09. The van der Waals surface area contributed by atoms with E-state index in [1.165, 1.54) is 43.3 Å². The average Bonchev–Trinajstić information content (AvgIpc) is 2.46. The fourth-order valence-corrected chi connectivity index (χ4v) is 1.85. The minimum atomic E-state index is -0.976. The molecule has 2 rings (SSSR count). The number of ether oxygens (including phenoxy) is 1. The lowest BCUT2D eigenvalue weighted by molar-refractivity contribution is 0.0976. The third-order valence-electron chi connectivity index (χ3n) is 2.97. The molecule has 0 heterocycles. The Hall–Kier alpha value is -2.27. The molecule has 0 fully saturated rings. The molecule has 1 N–H and O–H groups in total. The highest BCUT2D eigenvalue weighted by Gasteiger charge is 2.13. The van der Waals surface area contributed by atoms with E-state index in [0.717, 1.165) is 6.07 Å². The van der Waals surface area contributed by atoms with Crippen LogP contribution in [0.4, 0.5) is 8.78 Å². The third-order valence-corrected chi connectivity index (χ3v) is 2.97. The molecule has 0 radical (unpaired) electrons. The predicted octanol–water partition coefficient (Wildman–Crippen LogP) is 3.28. The van der Waals surface area contributed by atoms with Gasteiger partial charge in [-0.05, 0) is 42.8 Å². The van der Waals surface area contributed by atoms with Crippen LogP contribution in [0.2, 0.25) is 0 Å². The molecule has 3 nitrogen and oxygen atoms in total. The highest BCUT2D eigenvalue weighted by molar-refractivity contribution is 5.96. The van der Waals surface area contributed by atoms with Crippen LogP contribution in [0.15, 0.2) is 42.5 Å². The Morgan fingerprint density at radius 1 is 1.14 bits per heavy atom. The molecule has 5 heteroatoms. The van der Waals surface area contributed by atoms with Gasteiger partial charge in [-0.3, -0.25) is 4.79 Å². The van der Waals surface area contributed by atoms with Crippen molar-refractivity contribution in [3.8, 4) is 5.75 Å². The van der Waals surface area contributed by atoms with Gasteiger partial charge < -0.3 is 9.84 Å². The number of aliphatic hydroxyl groups is 1. The van der Waals surface area contributed by atoms with Gasteiger partial charge in [0.2, 0.25) is 0 Å². The van der Waals surface area contributed by atoms with Gasteiger partial charge in [-0.15, -0.1) is 0 Å². The predicted molar refractivity (Wildman–Crippen MR) is 73.3 cm³/mol. The number of Topliss-reactive ketones (excluding diaryl/α,β-unsaturated/α-hetero) is 1. The monoisotopic (exact) mass is 292 g/mol. The van der Waals surface area contributed by atoms with Crippen molar-refractivity contribution in [1.29, 1.82) is 0 Å². The highest BCUT2D eigenvalue weighted by atomic mass is 19.1. The van der Waals surface area contributed by atoms with Gasteiger partial charge in [0.15, 0.2) is 5.78 Å². The topological polar surface area (TPSA) is 46.5 Å². The summed E-state index contributed by atoms with van der Waals surface area (Å²) in [5.74, 6) is -1.07. The van der Waals surface area contributed by atoms with Crippen LogP contribution in [-0.4, -0.2) is 17.5 Å². The summed E-state index contributed by atoms with van der Waals surface area (Å²) < 4.78 is 31.3. The maximum absolute atomic E-state index is 13.1. The Kier molecular flexibility index (Phi) is 4.65. The number of hydrogen-bond donors (Lipinski definition) is 1. The summed E-state index contributed by atoms with van der Waals surface area (Å²) >= 11 is 0. The van der Waals surface area contributed by atoms with E-state index in [1.807, 2.05) is 0 Å². The van der Waals surface area contributed by atoms with Gasteiger partial charge in [0.05, 0.1) is 5.56 Å². The SMILES string of the molecule is CC(=O)c1cc(F)ccc1OCC(O)c1ccc(F)cc1. The van der Waals surface area contributed by atoms with Crippen molar-refractivity contribution in [2.24, 2.45) is 0 Å². The first-order valence-corrected chi connectivity index (χ1v) is 6.34. The van der Waals surface area contributed by atoms with Crippen LogP contribution in [0.5, 0.6) is 5.75 Å². The number of rotatable bonds is 5. The van der Waals surface area contributed by atoms with Gasteiger partial charge in [0.25, 0.3) is 0 Å². The first-order chi connectivity index (χ1) is 9.97. The lowest BCUT2D eigenvalue weighted by Crippen LogP contribution is -2.11. The Bertz CT molecular complexity index is 638. The smallest absolute Gasteiger partial charge is 0.163 e. The molecule has 2 aromatic rings. The molecule has 2 aromatic carbocycles. The molecule has 0 aliphatic heterocycles. The van der Waals surface area contributed by atoms with E-state index in [1.54, 1.807) is 0 Å². The standard InChI is InChI=1S/C16H14F2O3/c1-10(19)14-8-13(18)6-7-16(14)21-9-15(20)11-2-4-12(17)5-3-11/h2-8,15,20H,9H2,1H3. The zero-order valence-corrected chi connectivity index (χ0v) is 11.3. The van der Waals surface area contributed by atoms with Crippen LogP contribution in [0.25, 0.3) is 0 Å². The Morgan fingerprint density at radius 2 is 1.76 bits per heavy atom. The van der Waals surface area contributed by atoms with E-state index >= 15 is 0 Å². The fraction of sp³-hybridized carbons (Fsp3) is 0.188. The second kappa shape index (κ2) is 6.45.